The van der Waals surface area contributed by atoms with Gasteiger partial charge in [0, 0.05) is 6.54 Å². The Bertz CT molecular complexity index is 312. The first-order valence-corrected chi connectivity index (χ1v) is 6.58. The van der Waals surface area contributed by atoms with Crippen LogP contribution in [-0.2, 0) is 0 Å². The maximum atomic E-state index is 11.8. The monoisotopic (exact) mass is 239 g/mol. The summed E-state index contributed by atoms with van der Waals surface area (Å²) in [7, 11) is 0. The number of amides is 2. The van der Waals surface area contributed by atoms with Gasteiger partial charge in [0.25, 0.3) is 0 Å². The van der Waals surface area contributed by atoms with Crippen molar-refractivity contribution in [3.8, 4) is 0 Å². The van der Waals surface area contributed by atoms with E-state index in [2.05, 4.69) is 25.8 Å². The van der Waals surface area contributed by atoms with Crippen LogP contribution in [-0.4, -0.2) is 28.9 Å². The molecule has 0 fully saturated rings. The predicted octanol–water partition coefficient (Wildman–Crippen LogP) is 2.77. The number of amidine groups is 1. The Kier molecular flexibility index (Phi) is 4.54. The van der Waals surface area contributed by atoms with Gasteiger partial charge in [0.2, 0.25) is 0 Å². The molecular weight excluding hydrogens is 214 g/mol. The minimum Gasteiger partial charge on any atom is -0.385 e. The van der Waals surface area contributed by atoms with E-state index in [-0.39, 0.29) is 11.6 Å². The number of carbonyl (C=O) groups is 1. The maximum Gasteiger partial charge on any atom is 0.346 e. The highest BCUT2D eigenvalue weighted by Crippen LogP contribution is 2.29. The van der Waals surface area contributed by atoms with E-state index < -0.39 is 0 Å². The van der Waals surface area contributed by atoms with Crippen LogP contribution in [0.4, 0.5) is 4.79 Å². The molecule has 17 heavy (non-hydrogen) atoms. The van der Waals surface area contributed by atoms with E-state index in [1.54, 1.807) is 0 Å². The van der Waals surface area contributed by atoms with E-state index in [9.17, 15) is 4.79 Å². The average molecular weight is 239 g/mol. The van der Waals surface area contributed by atoms with Crippen molar-refractivity contribution in [2.75, 3.05) is 6.54 Å². The van der Waals surface area contributed by atoms with Gasteiger partial charge in [-0.3, -0.25) is 0 Å². The molecule has 0 saturated carbocycles. The van der Waals surface area contributed by atoms with Crippen LogP contribution in [0.2, 0.25) is 0 Å². The molecule has 0 aromatic carbocycles. The Balaban J connectivity index is 2.76. The zero-order valence-electron chi connectivity index (χ0n) is 11.5. The second-order valence-corrected chi connectivity index (χ2v) is 5.52. The van der Waals surface area contributed by atoms with E-state index in [4.69, 9.17) is 5.73 Å². The lowest BCUT2D eigenvalue weighted by atomic mass is 9.91. The number of carbonyl (C=O) groups excluding carboxylic acids is 1. The number of nitrogens with zero attached hydrogens (tertiary/aromatic N) is 2. The van der Waals surface area contributed by atoms with E-state index >= 15 is 0 Å². The van der Waals surface area contributed by atoms with Crippen LogP contribution < -0.4 is 5.73 Å². The molecule has 2 amide bonds. The molecule has 0 spiro atoms. The summed E-state index contributed by atoms with van der Waals surface area (Å²) in [6.07, 6.45) is 4.34. The summed E-state index contributed by atoms with van der Waals surface area (Å²) >= 11 is 0. The number of hydrogen-bond donors (Lipinski definition) is 1. The highest BCUT2D eigenvalue weighted by molar-refractivity contribution is 6.05. The van der Waals surface area contributed by atoms with Crippen LogP contribution in [0.5, 0.6) is 0 Å². The van der Waals surface area contributed by atoms with E-state index in [0.29, 0.717) is 11.8 Å². The van der Waals surface area contributed by atoms with Crippen molar-refractivity contribution < 1.29 is 4.79 Å². The number of nitrogens with two attached hydrogens (primary N) is 1. The van der Waals surface area contributed by atoms with Crippen molar-refractivity contribution in [3.63, 3.8) is 0 Å². The summed E-state index contributed by atoms with van der Waals surface area (Å²) in [4.78, 5) is 17.6. The Morgan fingerprint density at radius 3 is 2.59 bits per heavy atom. The summed E-state index contributed by atoms with van der Waals surface area (Å²) < 4.78 is 0. The molecule has 4 nitrogen and oxygen atoms in total. The molecule has 2 N–H and O–H groups in total. The number of hydrogen-bond acceptors (Lipinski definition) is 2. The molecule has 0 bridgehead atoms. The lowest BCUT2D eigenvalue weighted by molar-refractivity contribution is 0.161. The SMILES string of the molecule is CCCCCC1(C)C(N)=NC(=O)N1CC(C)C. The topological polar surface area (TPSA) is 58.7 Å². The van der Waals surface area contributed by atoms with Gasteiger partial charge in [-0.15, -0.1) is 0 Å². The van der Waals surface area contributed by atoms with Crippen molar-refractivity contribution in [2.45, 2.75) is 58.9 Å². The standard InChI is InChI=1S/C13H25N3O/c1-5-6-7-8-13(4)11(14)15-12(17)16(13)9-10(2)3/h10H,5-9H2,1-4H3,(H2,14,15,17). The summed E-state index contributed by atoms with van der Waals surface area (Å²) in [6, 6.07) is -0.171. The third-order valence-electron chi connectivity index (χ3n) is 3.41. The van der Waals surface area contributed by atoms with Gasteiger partial charge < -0.3 is 10.6 Å². The maximum absolute atomic E-state index is 11.8. The molecule has 1 unspecified atom stereocenters. The van der Waals surface area contributed by atoms with Gasteiger partial charge in [0.05, 0.1) is 5.54 Å². The molecular formula is C13H25N3O. The van der Waals surface area contributed by atoms with Crippen LogP contribution in [0.25, 0.3) is 0 Å². The zero-order valence-corrected chi connectivity index (χ0v) is 11.5. The molecule has 1 aliphatic heterocycles. The van der Waals surface area contributed by atoms with Gasteiger partial charge >= 0.3 is 6.03 Å². The van der Waals surface area contributed by atoms with E-state index in [1.807, 2.05) is 11.8 Å². The molecule has 0 saturated heterocycles. The number of aliphatic imine (C=N–C) groups is 1. The van der Waals surface area contributed by atoms with Gasteiger partial charge in [-0.2, -0.15) is 4.99 Å². The number of rotatable bonds is 6. The van der Waals surface area contributed by atoms with Crippen LogP contribution >= 0.6 is 0 Å². The number of unbranched alkanes of at least 4 members (excludes halogenated alkanes) is 2. The lowest BCUT2D eigenvalue weighted by Crippen LogP contribution is -2.52. The van der Waals surface area contributed by atoms with E-state index in [1.165, 1.54) is 12.8 Å². The van der Waals surface area contributed by atoms with Gasteiger partial charge in [-0.05, 0) is 19.3 Å². The molecule has 1 atom stereocenters. The van der Waals surface area contributed by atoms with E-state index in [0.717, 1.165) is 19.4 Å². The summed E-state index contributed by atoms with van der Waals surface area (Å²) in [5, 5.41) is 0. The van der Waals surface area contributed by atoms with Crippen molar-refractivity contribution in [2.24, 2.45) is 16.6 Å². The minimum absolute atomic E-state index is 0.171. The van der Waals surface area contributed by atoms with Crippen LogP contribution in [0.3, 0.4) is 0 Å². The third-order valence-corrected chi connectivity index (χ3v) is 3.41. The molecule has 0 radical (unpaired) electrons. The van der Waals surface area contributed by atoms with Gasteiger partial charge in [0.1, 0.15) is 5.84 Å². The third kappa shape index (κ3) is 2.99. The molecule has 1 rings (SSSR count). The van der Waals surface area contributed by atoms with Crippen molar-refractivity contribution in [1.82, 2.24) is 4.90 Å². The Labute approximate surface area is 104 Å². The van der Waals surface area contributed by atoms with Crippen LogP contribution in [0, 0.1) is 5.92 Å². The largest absolute Gasteiger partial charge is 0.385 e. The molecule has 4 heteroatoms. The van der Waals surface area contributed by atoms with Crippen molar-refractivity contribution >= 4 is 11.9 Å². The molecule has 98 valence electrons. The normalized spacial score (nSPS) is 24.6. The van der Waals surface area contributed by atoms with Crippen LogP contribution in [0.15, 0.2) is 4.99 Å². The highest BCUT2D eigenvalue weighted by atomic mass is 16.2. The van der Waals surface area contributed by atoms with Crippen molar-refractivity contribution in [1.29, 1.82) is 0 Å². The fourth-order valence-electron chi connectivity index (χ4n) is 2.26. The first-order valence-electron chi connectivity index (χ1n) is 6.58. The summed E-state index contributed by atoms with van der Waals surface area (Å²) in [5.74, 6) is 0.921. The lowest BCUT2D eigenvalue weighted by Gasteiger charge is -2.36. The second kappa shape index (κ2) is 5.52. The molecule has 1 aliphatic rings. The predicted molar refractivity (Wildman–Crippen MR) is 71.1 cm³/mol. The smallest absolute Gasteiger partial charge is 0.346 e. The first kappa shape index (κ1) is 14.0. The minimum atomic E-state index is -0.365. The second-order valence-electron chi connectivity index (χ2n) is 5.52. The Morgan fingerprint density at radius 1 is 1.41 bits per heavy atom. The van der Waals surface area contributed by atoms with Gasteiger partial charge in [-0.1, -0.05) is 40.0 Å². The number of urea groups is 1. The average Bonchev–Trinajstić information content (AvgIpc) is 2.43. The fraction of sp³-hybridized carbons (Fsp3) is 0.846. The Hall–Kier alpha value is -1.06. The van der Waals surface area contributed by atoms with Crippen molar-refractivity contribution in [3.05, 3.63) is 0 Å². The highest BCUT2D eigenvalue weighted by Gasteiger charge is 2.43. The quantitative estimate of drug-likeness (QED) is 0.724. The molecule has 0 aliphatic carbocycles. The molecule has 1 heterocycles. The summed E-state index contributed by atoms with van der Waals surface area (Å²) in [6.45, 7) is 9.15. The van der Waals surface area contributed by atoms with Crippen LogP contribution in [0.1, 0.15) is 53.4 Å². The zero-order chi connectivity index (χ0) is 13.1. The molecule has 0 aromatic heterocycles. The van der Waals surface area contributed by atoms with Gasteiger partial charge in [0.15, 0.2) is 0 Å². The summed E-state index contributed by atoms with van der Waals surface area (Å²) in [5.41, 5.74) is 5.57. The van der Waals surface area contributed by atoms with Gasteiger partial charge in [-0.25, -0.2) is 4.79 Å². The Morgan fingerprint density at radius 2 is 2.06 bits per heavy atom. The molecule has 0 aromatic rings. The first-order chi connectivity index (χ1) is 7.91. The fourth-order valence-corrected chi connectivity index (χ4v) is 2.26.